The van der Waals surface area contributed by atoms with Crippen molar-refractivity contribution in [2.45, 2.75) is 0 Å². The molecule has 2 amide bonds. The van der Waals surface area contributed by atoms with Gasteiger partial charge >= 0.3 is 5.97 Å². The average molecular weight is 401 g/mol. The van der Waals surface area contributed by atoms with Gasteiger partial charge in [-0.1, -0.05) is 11.6 Å². The molecule has 0 unspecified atom stereocenters. The van der Waals surface area contributed by atoms with Gasteiger partial charge in [0.05, 0.1) is 11.3 Å². The number of carbonyl (C=O) groups is 3. The van der Waals surface area contributed by atoms with Crippen molar-refractivity contribution >= 4 is 35.1 Å². The fourth-order valence-electron chi connectivity index (χ4n) is 1.90. The van der Waals surface area contributed by atoms with Gasteiger partial charge in [0.1, 0.15) is 24.0 Å². The molecular formula is C17H12ClF3N2O4. The largest absolute Gasteiger partial charge is 0.454 e. The minimum atomic E-state index is -1.09. The summed E-state index contributed by atoms with van der Waals surface area (Å²) in [6.45, 7) is -1.40. The van der Waals surface area contributed by atoms with Crippen LogP contribution in [0.15, 0.2) is 36.4 Å². The Labute approximate surface area is 156 Å². The maximum atomic E-state index is 13.5. The molecule has 2 aromatic rings. The summed E-state index contributed by atoms with van der Waals surface area (Å²) in [4.78, 5) is 34.9. The summed E-state index contributed by atoms with van der Waals surface area (Å²) in [6.07, 6.45) is 0. The molecule has 2 aromatic carbocycles. The van der Waals surface area contributed by atoms with Gasteiger partial charge in [-0.3, -0.25) is 14.4 Å². The maximum Gasteiger partial charge on any atom is 0.325 e. The van der Waals surface area contributed by atoms with Crippen LogP contribution >= 0.6 is 11.6 Å². The highest BCUT2D eigenvalue weighted by Crippen LogP contribution is 2.19. The Balaban J connectivity index is 1.79. The summed E-state index contributed by atoms with van der Waals surface area (Å²) in [7, 11) is 0. The van der Waals surface area contributed by atoms with Crippen LogP contribution in [0.2, 0.25) is 5.02 Å². The van der Waals surface area contributed by atoms with Crippen LogP contribution in [0.25, 0.3) is 0 Å². The van der Waals surface area contributed by atoms with Crippen LogP contribution in [0.3, 0.4) is 0 Å². The number of halogens is 4. The maximum absolute atomic E-state index is 13.5. The first-order valence-electron chi connectivity index (χ1n) is 7.40. The molecule has 0 spiro atoms. The number of esters is 1. The summed E-state index contributed by atoms with van der Waals surface area (Å²) < 4.78 is 44.3. The third kappa shape index (κ3) is 6.00. The van der Waals surface area contributed by atoms with Crippen molar-refractivity contribution in [1.29, 1.82) is 0 Å². The van der Waals surface area contributed by atoms with E-state index in [0.29, 0.717) is 6.07 Å². The quantitative estimate of drug-likeness (QED) is 0.730. The Morgan fingerprint density at radius 2 is 1.74 bits per heavy atom. The third-order valence-corrected chi connectivity index (χ3v) is 3.37. The number of anilines is 1. The summed E-state index contributed by atoms with van der Waals surface area (Å²) in [5.74, 6) is -5.47. The zero-order chi connectivity index (χ0) is 20.0. The third-order valence-electron chi connectivity index (χ3n) is 3.14. The van der Waals surface area contributed by atoms with Crippen LogP contribution in [0, 0.1) is 17.5 Å². The summed E-state index contributed by atoms with van der Waals surface area (Å²) in [5, 5.41) is 4.42. The van der Waals surface area contributed by atoms with E-state index in [4.69, 9.17) is 11.6 Å². The summed E-state index contributed by atoms with van der Waals surface area (Å²) >= 11 is 5.68. The first kappa shape index (κ1) is 20.2. The van der Waals surface area contributed by atoms with Gasteiger partial charge in [-0.05, 0) is 30.3 Å². The molecule has 0 heterocycles. The van der Waals surface area contributed by atoms with Crippen LogP contribution < -0.4 is 10.6 Å². The van der Waals surface area contributed by atoms with Gasteiger partial charge in [-0.15, -0.1) is 0 Å². The van der Waals surface area contributed by atoms with E-state index in [0.717, 1.165) is 18.2 Å². The van der Waals surface area contributed by atoms with Crippen molar-refractivity contribution in [2.75, 3.05) is 18.5 Å². The van der Waals surface area contributed by atoms with Crippen LogP contribution in [-0.2, 0) is 14.3 Å². The molecule has 0 radical (unpaired) electrons. The minimum absolute atomic E-state index is 0.191. The predicted molar refractivity (Wildman–Crippen MR) is 89.7 cm³/mol. The smallest absolute Gasteiger partial charge is 0.325 e. The molecule has 0 aliphatic rings. The van der Waals surface area contributed by atoms with Gasteiger partial charge < -0.3 is 15.4 Å². The van der Waals surface area contributed by atoms with Gasteiger partial charge in [0, 0.05) is 11.1 Å². The number of rotatable bonds is 6. The van der Waals surface area contributed by atoms with E-state index in [1.165, 1.54) is 12.1 Å². The van der Waals surface area contributed by atoms with E-state index in [1.807, 2.05) is 0 Å². The second-order valence-electron chi connectivity index (χ2n) is 5.14. The molecule has 2 rings (SSSR count). The van der Waals surface area contributed by atoms with Crippen LogP contribution in [0.4, 0.5) is 18.9 Å². The number of hydrogen-bond donors (Lipinski definition) is 2. The highest BCUT2D eigenvalue weighted by molar-refractivity contribution is 6.30. The van der Waals surface area contributed by atoms with E-state index in [-0.39, 0.29) is 10.7 Å². The molecule has 0 aliphatic carbocycles. The molecule has 0 fully saturated rings. The fraction of sp³-hybridized carbons (Fsp3) is 0.118. The zero-order valence-corrected chi connectivity index (χ0v) is 14.3. The van der Waals surface area contributed by atoms with E-state index in [1.54, 1.807) is 0 Å². The molecule has 0 atom stereocenters. The van der Waals surface area contributed by atoms with Crippen molar-refractivity contribution in [2.24, 2.45) is 0 Å². The van der Waals surface area contributed by atoms with E-state index in [9.17, 15) is 27.6 Å². The molecule has 0 aromatic heterocycles. The molecular weight excluding hydrogens is 389 g/mol. The first-order valence-corrected chi connectivity index (χ1v) is 7.78. The predicted octanol–water partition coefficient (Wildman–Crippen LogP) is 2.67. The lowest BCUT2D eigenvalue weighted by atomic mass is 10.2. The second kappa shape index (κ2) is 9.04. The Hall–Kier alpha value is -3.07. The van der Waals surface area contributed by atoms with E-state index < -0.39 is 54.0 Å². The second-order valence-corrected chi connectivity index (χ2v) is 5.58. The van der Waals surface area contributed by atoms with Crippen molar-refractivity contribution in [3.8, 4) is 0 Å². The molecule has 0 aliphatic heterocycles. The van der Waals surface area contributed by atoms with Gasteiger partial charge in [-0.2, -0.15) is 0 Å². The van der Waals surface area contributed by atoms with Crippen molar-refractivity contribution in [3.63, 3.8) is 0 Å². The SMILES string of the molecule is O=C(COC(=O)CNC(=O)c1ccc(F)cc1F)Nc1cc(Cl)ccc1F. The Kier molecular flexibility index (Phi) is 6.78. The van der Waals surface area contributed by atoms with Gasteiger partial charge in [0.2, 0.25) is 0 Å². The summed E-state index contributed by atoms with van der Waals surface area (Å²) in [6, 6.07) is 5.84. The number of benzene rings is 2. The van der Waals surface area contributed by atoms with Gasteiger partial charge in [0.15, 0.2) is 6.61 Å². The van der Waals surface area contributed by atoms with Crippen LogP contribution in [0.5, 0.6) is 0 Å². The molecule has 2 N–H and O–H groups in total. The van der Waals surface area contributed by atoms with E-state index >= 15 is 0 Å². The fourth-order valence-corrected chi connectivity index (χ4v) is 2.07. The monoisotopic (exact) mass is 400 g/mol. The molecule has 10 heteroatoms. The van der Waals surface area contributed by atoms with Gasteiger partial charge in [-0.25, -0.2) is 13.2 Å². The Bertz CT molecular complexity index is 892. The normalized spacial score (nSPS) is 10.2. The molecule has 0 saturated carbocycles. The molecule has 0 bridgehead atoms. The van der Waals surface area contributed by atoms with Crippen LogP contribution in [0.1, 0.15) is 10.4 Å². The number of hydrogen-bond acceptors (Lipinski definition) is 4. The lowest BCUT2D eigenvalue weighted by Crippen LogP contribution is -2.32. The molecule has 6 nitrogen and oxygen atoms in total. The number of ether oxygens (including phenoxy) is 1. The molecule has 27 heavy (non-hydrogen) atoms. The van der Waals surface area contributed by atoms with Crippen LogP contribution in [-0.4, -0.2) is 30.9 Å². The number of nitrogens with one attached hydrogen (secondary N) is 2. The zero-order valence-electron chi connectivity index (χ0n) is 13.5. The van der Waals surface area contributed by atoms with Crippen molar-refractivity contribution in [3.05, 3.63) is 64.4 Å². The standard InChI is InChI=1S/C17H12ClF3N2O4/c18-9-1-4-12(20)14(5-9)23-15(24)8-27-16(25)7-22-17(26)11-3-2-10(19)6-13(11)21/h1-6H,7-8H2,(H,22,26)(H,23,24). The number of amides is 2. The van der Waals surface area contributed by atoms with E-state index in [2.05, 4.69) is 15.4 Å². The molecule has 142 valence electrons. The minimum Gasteiger partial charge on any atom is -0.454 e. The Morgan fingerprint density at radius 1 is 1.00 bits per heavy atom. The highest BCUT2D eigenvalue weighted by Gasteiger charge is 2.15. The first-order chi connectivity index (χ1) is 12.8. The highest BCUT2D eigenvalue weighted by atomic mass is 35.5. The lowest BCUT2D eigenvalue weighted by Gasteiger charge is -2.09. The van der Waals surface area contributed by atoms with Crippen molar-refractivity contribution < 1.29 is 32.3 Å². The number of carbonyl (C=O) groups excluding carboxylic acids is 3. The topological polar surface area (TPSA) is 84.5 Å². The molecule has 0 saturated heterocycles. The van der Waals surface area contributed by atoms with Crippen molar-refractivity contribution in [1.82, 2.24) is 5.32 Å². The Morgan fingerprint density at radius 3 is 2.44 bits per heavy atom. The average Bonchev–Trinajstić information content (AvgIpc) is 2.61. The summed E-state index contributed by atoms with van der Waals surface area (Å²) in [5.41, 5.74) is -0.651. The lowest BCUT2D eigenvalue weighted by molar-refractivity contribution is -0.146. The van der Waals surface area contributed by atoms with Gasteiger partial charge in [0.25, 0.3) is 11.8 Å².